The molecule has 1 fully saturated rings. The highest BCUT2D eigenvalue weighted by atomic mass is 16.6. The highest BCUT2D eigenvalue weighted by Gasteiger charge is 2.23. The van der Waals surface area contributed by atoms with Gasteiger partial charge in [0, 0.05) is 6.42 Å². The molecule has 0 bridgehead atoms. The zero-order chi connectivity index (χ0) is 9.68. The van der Waals surface area contributed by atoms with E-state index in [-0.39, 0.29) is 12.1 Å². The van der Waals surface area contributed by atoms with Gasteiger partial charge in [-0.2, -0.15) is 0 Å². The fourth-order valence-corrected chi connectivity index (χ4v) is 1.08. The van der Waals surface area contributed by atoms with Gasteiger partial charge >= 0.3 is 5.97 Å². The van der Waals surface area contributed by atoms with Gasteiger partial charge in [0.15, 0.2) is 0 Å². The number of hydrogen-bond donors (Lipinski definition) is 0. The Morgan fingerprint density at radius 2 is 2.31 bits per heavy atom. The lowest BCUT2D eigenvalue weighted by Crippen LogP contribution is -2.09. The highest BCUT2D eigenvalue weighted by Crippen LogP contribution is 2.10. The summed E-state index contributed by atoms with van der Waals surface area (Å²) in [7, 11) is 0. The van der Waals surface area contributed by atoms with E-state index in [4.69, 9.17) is 9.47 Å². The van der Waals surface area contributed by atoms with Gasteiger partial charge in [-0.3, -0.25) is 4.79 Å². The molecular weight excluding hydrogens is 168 g/mol. The zero-order valence-electron chi connectivity index (χ0n) is 8.41. The van der Waals surface area contributed by atoms with Gasteiger partial charge in [0.2, 0.25) is 0 Å². The third kappa shape index (κ3) is 5.64. The van der Waals surface area contributed by atoms with E-state index in [0.717, 1.165) is 19.4 Å². The Balaban J connectivity index is 1.90. The van der Waals surface area contributed by atoms with Crippen molar-refractivity contribution in [3.05, 3.63) is 0 Å². The van der Waals surface area contributed by atoms with Crippen molar-refractivity contribution < 1.29 is 14.3 Å². The Labute approximate surface area is 79.4 Å². The minimum Gasteiger partial charge on any atom is -0.463 e. The van der Waals surface area contributed by atoms with Gasteiger partial charge < -0.3 is 9.47 Å². The molecule has 1 atom stereocenters. The highest BCUT2D eigenvalue weighted by molar-refractivity contribution is 5.69. The summed E-state index contributed by atoms with van der Waals surface area (Å²) in [5.41, 5.74) is 0. The van der Waals surface area contributed by atoms with E-state index in [9.17, 15) is 4.79 Å². The maximum absolute atomic E-state index is 11.1. The van der Waals surface area contributed by atoms with E-state index >= 15 is 0 Å². The van der Waals surface area contributed by atoms with Gasteiger partial charge in [-0.1, -0.05) is 20.3 Å². The summed E-state index contributed by atoms with van der Waals surface area (Å²) in [6, 6.07) is 0. The van der Waals surface area contributed by atoms with Crippen LogP contribution in [0.4, 0.5) is 0 Å². The van der Waals surface area contributed by atoms with Crippen LogP contribution in [0.3, 0.4) is 0 Å². The Bertz CT molecular complexity index is 162. The van der Waals surface area contributed by atoms with Gasteiger partial charge in [-0.25, -0.2) is 0 Å². The molecule has 1 aliphatic rings. The number of carbonyl (C=O) groups is 1. The largest absolute Gasteiger partial charge is 0.463 e. The van der Waals surface area contributed by atoms with E-state index in [1.165, 1.54) is 0 Å². The Morgan fingerprint density at radius 3 is 2.85 bits per heavy atom. The second-order valence-corrected chi connectivity index (χ2v) is 3.92. The molecule has 1 rings (SSSR count). The van der Waals surface area contributed by atoms with Crippen LogP contribution in [0.1, 0.15) is 33.1 Å². The first-order valence-electron chi connectivity index (χ1n) is 4.95. The summed E-state index contributed by atoms with van der Waals surface area (Å²) in [5.74, 6) is 0.579. The average Bonchev–Trinajstić information content (AvgIpc) is 2.83. The number of carbonyl (C=O) groups excluding carboxylic acids is 1. The monoisotopic (exact) mass is 186 g/mol. The third-order valence-electron chi connectivity index (χ3n) is 1.99. The second-order valence-electron chi connectivity index (χ2n) is 3.92. The van der Waals surface area contributed by atoms with E-state index in [1.807, 2.05) is 0 Å². The minimum absolute atomic E-state index is 0.0869. The minimum atomic E-state index is -0.0869. The number of rotatable bonds is 6. The summed E-state index contributed by atoms with van der Waals surface area (Å²) >= 11 is 0. The van der Waals surface area contributed by atoms with Crippen LogP contribution in [0.25, 0.3) is 0 Å². The van der Waals surface area contributed by atoms with Crippen molar-refractivity contribution in [1.82, 2.24) is 0 Å². The Hall–Kier alpha value is -0.570. The number of esters is 1. The smallest absolute Gasteiger partial charge is 0.305 e. The molecule has 0 aromatic carbocycles. The van der Waals surface area contributed by atoms with Crippen molar-refractivity contribution >= 4 is 5.97 Å². The van der Waals surface area contributed by atoms with Crippen LogP contribution in [0.2, 0.25) is 0 Å². The molecule has 1 aliphatic heterocycles. The molecular formula is C10H18O3. The standard InChI is InChI=1S/C10H18O3/c1-8(2)4-3-5-10(11)13-7-9-6-12-9/h8-9H,3-7H2,1-2H3. The van der Waals surface area contributed by atoms with Crippen LogP contribution in [0.15, 0.2) is 0 Å². The average molecular weight is 186 g/mol. The van der Waals surface area contributed by atoms with Crippen molar-refractivity contribution in [2.45, 2.75) is 39.2 Å². The molecule has 0 amide bonds. The van der Waals surface area contributed by atoms with Gasteiger partial charge in [-0.15, -0.1) is 0 Å². The fourth-order valence-electron chi connectivity index (χ4n) is 1.08. The summed E-state index contributed by atoms with van der Waals surface area (Å²) in [4.78, 5) is 11.1. The van der Waals surface area contributed by atoms with Crippen molar-refractivity contribution in [2.24, 2.45) is 5.92 Å². The first-order valence-corrected chi connectivity index (χ1v) is 4.95. The van der Waals surface area contributed by atoms with Crippen LogP contribution >= 0.6 is 0 Å². The SMILES string of the molecule is CC(C)CCCC(=O)OCC1CO1. The molecule has 0 aliphatic carbocycles. The van der Waals surface area contributed by atoms with Crippen LogP contribution < -0.4 is 0 Å². The molecule has 1 saturated heterocycles. The van der Waals surface area contributed by atoms with Gasteiger partial charge in [0.05, 0.1) is 6.61 Å². The van der Waals surface area contributed by atoms with Crippen LogP contribution in [-0.2, 0) is 14.3 Å². The first-order chi connectivity index (χ1) is 6.18. The normalized spacial score (nSPS) is 20.4. The Morgan fingerprint density at radius 1 is 1.62 bits per heavy atom. The summed E-state index contributed by atoms with van der Waals surface area (Å²) < 4.78 is 9.91. The first kappa shape index (κ1) is 10.5. The maximum Gasteiger partial charge on any atom is 0.305 e. The fraction of sp³-hybridized carbons (Fsp3) is 0.900. The molecule has 0 radical (unpaired) electrons. The number of hydrogen-bond acceptors (Lipinski definition) is 3. The molecule has 3 heteroatoms. The maximum atomic E-state index is 11.1. The van der Waals surface area contributed by atoms with Gasteiger partial charge in [0.25, 0.3) is 0 Å². The molecule has 13 heavy (non-hydrogen) atoms. The van der Waals surface area contributed by atoms with Crippen molar-refractivity contribution in [3.63, 3.8) is 0 Å². The van der Waals surface area contributed by atoms with Crippen molar-refractivity contribution in [1.29, 1.82) is 0 Å². The summed E-state index contributed by atoms with van der Waals surface area (Å²) in [6.45, 7) is 5.51. The van der Waals surface area contributed by atoms with Gasteiger partial charge in [0.1, 0.15) is 12.7 Å². The Kier molecular flexibility index (Phi) is 4.22. The van der Waals surface area contributed by atoms with E-state index in [2.05, 4.69) is 13.8 Å². The molecule has 0 aromatic heterocycles. The predicted octanol–water partition coefficient (Wildman–Crippen LogP) is 1.75. The zero-order valence-corrected chi connectivity index (χ0v) is 8.41. The second kappa shape index (κ2) is 5.22. The summed E-state index contributed by atoms with van der Waals surface area (Å²) in [6.07, 6.45) is 2.76. The van der Waals surface area contributed by atoms with Crippen LogP contribution in [0.5, 0.6) is 0 Å². The predicted molar refractivity (Wildman–Crippen MR) is 49.4 cm³/mol. The molecule has 1 unspecified atom stereocenters. The molecule has 0 spiro atoms. The molecule has 0 N–H and O–H groups in total. The van der Waals surface area contributed by atoms with Gasteiger partial charge in [-0.05, 0) is 12.3 Å². The molecule has 76 valence electrons. The lowest BCUT2D eigenvalue weighted by molar-refractivity contribution is -0.144. The molecule has 0 aromatic rings. The molecule has 0 saturated carbocycles. The quantitative estimate of drug-likeness (QED) is 0.468. The van der Waals surface area contributed by atoms with Crippen LogP contribution in [0, 0.1) is 5.92 Å². The lowest BCUT2D eigenvalue weighted by atomic mass is 10.1. The third-order valence-corrected chi connectivity index (χ3v) is 1.99. The van der Waals surface area contributed by atoms with E-state index < -0.39 is 0 Å². The van der Waals surface area contributed by atoms with E-state index in [0.29, 0.717) is 18.9 Å². The number of ether oxygens (including phenoxy) is 2. The number of epoxide rings is 1. The molecule has 3 nitrogen and oxygen atoms in total. The summed E-state index contributed by atoms with van der Waals surface area (Å²) in [5, 5.41) is 0. The van der Waals surface area contributed by atoms with Crippen molar-refractivity contribution in [2.75, 3.05) is 13.2 Å². The van der Waals surface area contributed by atoms with E-state index in [1.54, 1.807) is 0 Å². The topological polar surface area (TPSA) is 38.8 Å². The lowest BCUT2D eigenvalue weighted by Gasteiger charge is -2.04. The van der Waals surface area contributed by atoms with Crippen molar-refractivity contribution in [3.8, 4) is 0 Å². The van der Waals surface area contributed by atoms with Crippen LogP contribution in [-0.4, -0.2) is 25.3 Å². The molecule has 1 heterocycles.